The van der Waals surface area contributed by atoms with E-state index >= 15 is 0 Å². The molecule has 0 radical (unpaired) electrons. The molecular weight excluding hydrogens is 270 g/mol. The minimum absolute atomic E-state index is 0. The lowest BCUT2D eigenvalue weighted by Gasteiger charge is -2.13. The number of primary amides is 1. The molecule has 1 amide bonds. The first-order chi connectivity index (χ1) is 9.13. The Morgan fingerprint density at radius 1 is 1.20 bits per heavy atom. The molecular formula is C17H20ClNO. The van der Waals surface area contributed by atoms with Crippen molar-refractivity contribution in [2.24, 2.45) is 5.73 Å². The number of carbonyl (C=O) groups excluding carboxylic acids is 1. The van der Waals surface area contributed by atoms with Crippen LogP contribution >= 0.6 is 12.4 Å². The minimum atomic E-state index is -0.421. The first-order valence-electron chi connectivity index (χ1n) is 6.60. The van der Waals surface area contributed by atoms with Gasteiger partial charge < -0.3 is 5.73 Å². The van der Waals surface area contributed by atoms with Crippen LogP contribution in [-0.4, -0.2) is 5.91 Å². The smallest absolute Gasteiger partial charge is 0.244 e. The summed E-state index contributed by atoms with van der Waals surface area (Å²) < 4.78 is 0. The van der Waals surface area contributed by atoms with Gasteiger partial charge in [-0.15, -0.1) is 12.4 Å². The van der Waals surface area contributed by atoms with E-state index in [1.165, 1.54) is 16.3 Å². The zero-order valence-electron chi connectivity index (χ0n) is 11.7. The van der Waals surface area contributed by atoms with Crippen molar-refractivity contribution >= 4 is 29.1 Å². The van der Waals surface area contributed by atoms with Crippen molar-refractivity contribution in [2.45, 2.75) is 26.2 Å². The van der Waals surface area contributed by atoms with Crippen LogP contribution in [0.5, 0.6) is 0 Å². The predicted molar refractivity (Wildman–Crippen MR) is 87.2 cm³/mol. The number of amides is 1. The van der Waals surface area contributed by atoms with Crippen LogP contribution in [0.3, 0.4) is 0 Å². The summed E-state index contributed by atoms with van der Waals surface area (Å²) in [6.45, 7) is 5.92. The molecule has 0 aromatic heterocycles. The molecule has 2 rings (SSSR count). The van der Waals surface area contributed by atoms with Gasteiger partial charge in [0.2, 0.25) is 5.91 Å². The molecule has 0 saturated heterocycles. The molecule has 0 atom stereocenters. The maximum Gasteiger partial charge on any atom is 0.244 e. The standard InChI is InChI=1S/C17H19NO.ClH/c1-3-6-15-14(11-12(2)17(18)19)10-9-13-7-4-5-8-16(13)15;/h4-5,7-10H,2-3,6,11H2,1H3,(H2,18,19);1H. The Hall–Kier alpha value is -1.80. The number of carbonyl (C=O) groups is 1. The van der Waals surface area contributed by atoms with Gasteiger partial charge in [0.05, 0.1) is 0 Å². The second-order valence-corrected chi connectivity index (χ2v) is 4.82. The lowest BCUT2D eigenvalue weighted by molar-refractivity contribution is -0.114. The molecule has 0 aliphatic rings. The fourth-order valence-electron chi connectivity index (χ4n) is 2.41. The van der Waals surface area contributed by atoms with Gasteiger partial charge in [-0.1, -0.05) is 56.3 Å². The van der Waals surface area contributed by atoms with E-state index in [0.717, 1.165) is 18.4 Å². The van der Waals surface area contributed by atoms with E-state index in [1.807, 2.05) is 12.1 Å². The largest absolute Gasteiger partial charge is 0.366 e. The van der Waals surface area contributed by atoms with Gasteiger partial charge >= 0.3 is 0 Å². The molecule has 0 aliphatic carbocycles. The van der Waals surface area contributed by atoms with Gasteiger partial charge in [-0.05, 0) is 28.3 Å². The van der Waals surface area contributed by atoms with Gasteiger partial charge in [-0.2, -0.15) is 0 Å². The molecule has 2 N–H and O–H groups in total. The highest BCUT2D eigenvalue weighted by Gasteiger charge is 2.10. The molecule has 0 unspecified atom stereocenters. The Balaban J connectivity index is 0.00000200. The number of aryl methyl sites for hydroxylation is 1. The second kappa shape index (κ2) is 7.11. The van der Waals surface area contributed by atoms with Crippen LogP contribution in [0.15, 0.2) is 48.6 Å². The molecule has 3 heteroatoms. The number of nitrogens with two attached hydrogens (primary N) is 1. The fraction of sp³-hybridized carbons (Fsp3) is 0.235. The molecule has 2 aromatic carbocycles. The molecule has 0 bridgehead atoms. The van der Waals surface area contributed by atoms with Crippen molar-refractivity contribution < 1.29 is 4.79 Å². The van der Waals surface area contributed by atoms with E-state index in [1.54, 1.807) is 0 Å². The van der Waals surface area contributed by atoms with Gasteiger partial charge in [0, 0.05) is 12.0 Å². The van der Waals surface area contributed by atoms with Gasteiger partial charge in [0.15, 0.2) is 0 Å². The van der Waals surface area contributed by atoms with E-state index in [0.29, 0.717) is 12.0 Å². The summed E-state index contributed by atoms with van der Waals surface area (Å²) >= 11 is 0. The summed E-state index contributed by atoms with van der Waals surface area (Å²) in [4.78, 5) is 11.2. The Morgan fingerprint density at radius 2 is 1.90 bits per heavy atom. The normalized spacial score (nSPS) is 10.1. The predicted octanol–water partition coefficient (Wildman–Crippen LogP) is 3.80. The molecule has 106 valence electrons. The summed E-state index contributed by atoms with van der Waals surface area (Å²) in [6.07, 6.45) is 2.61. The second-order valence-electron chi connectivity index (χ2n) is 4.82. The third-order valence-electron chi connectivity index (χ3n) is 3.39. The van der Waals surface area contributed by atoms with Crippen LogP contribution in [0.25, 0.3) is 10.8 Å². The maximum atomic E-state index is 11.2. The van der Waals surface area contributed by atoms with Gasteiger partial charge in [0.25, 0.3) is 0 Å². The van der Waals surface area contributed by atoms with Crippen LogP contribution in [0.4, 0.5) is 0 Å². The summed E-state index contributed by atoms with van der Waals surface area (Å²) in [5, 5.41) is 2.50. The lowest BCUT2D eigenvalue weighted by Crippen LogP contribution is -2.15. The van der Waals surface area contributed by atoms with Crippen molar-refractivity contribution in [3.8, 4) is 0 Å². The average molecular weight is 290 g/mol. The average Bonchev–Trinajstić information content (AvgIpc) is 2.41. The van der Waals surface area contributed by atoms with E-state index in [4.69, 9.17) is 5.73 Å². The molecule has 20 heavy (non-hydrogen) atoms. The third kappa shape index (κ3) is 3.40. The SMILES string of the molecule is C=C(Cc1ccc2ccccc2c1CCC)C(N)=O.Cl. The number of rotatable bonds is 5. The lowest BCUT2D eigenvalue weighted by atomic mass is 9.92. The number of hydrogen-bond donors (Lipinski definition) is 1. The van der Waals surface area contributed by atoms with Gasteiger partial charge in [-0.3, -0.25) is 4.79 Å². The first-order valence-corrected chi connectivity index (χ1v) is 6.60. The number of halogens is 1. The summed E-state index contributed by atoms with van der Waals surface area (Å²) in [5.41, 5.74) is 8.21. The Labute approximate surface area is 126 Å². The summed E-state index contributed by atoms with van der Waals surface area (Å²) in [5.74, 6) is -0.421. The Morgan fingerprint density at radius 3 is 2.55 bits per heavy atom. The summed E-state index contributed by atoms with van der Waals surface area (Å²) in [6, 6.07) is 12.5. The van der Waals surface area contributed by atoms with Crippen LogP contribution in [0, 0.1) is 0 Å². The molecule has 0 heterocycles. The molecule has 2 aromatic rings. The first kappa shape index (κ1) is 16.3. The highest BCUT2D eigenvalue weighted by molar-refractivity contribution is 5.92. The highest BCUT2D eigenvalue weighted by Crippen LogP contribution is 2.25. The van der Waals surface area contributed by atoms with Crippen molar-refractivity contribution in [1.29, 1.82) is 0 Å². The van der Waals surface area contributed by atoms with Crippen molar-refractivity contribution in [3.63, 3.8) is 0 Å². The quantitative estimate of drug-likeness (QED) is 0.836. The monoisotopic (exact) mass is 289 g/mol. The van der Waals surface area contributed by atoms with E-state index in [9.17, 15) is 4.79 Å². The summed E-state index contributed by atoms with van der Waals surface area (Å²) in [7, 11) is 0. The van der Waals surface area contributed by atoms with Gasteiger partial charge in [-0.25, -0.2) is 0 Å². The topological polar surface area (TPSA) is 43.1 Å². The van der Waals surface area contributed by atoms with Crippen molar-refractivity contribution in [3.05, 3.63) is 59.7 Å². The van der Waals surface area contributed by atoms with Gasteiger partial charge in [0.1, 0.15) is 0 Å². The van der Waals surface area contributed by atoms with Crippen molar-refractivity contribution in [2.75, 3.05) is 0 Å². The third-order valence-corrected chi connectivity index (χ3v) is 3.39. The van der Waals surface area contributed by atoms with E-state index in [2.05, 4.69) is 37.8 Å². The van der Waals surface area contributed by atoms with Crippen LogP contribution in [-0.2, 0) is 17.6 Å². The molecule has 0 aliphatic heterocycles. The van der Waals surface area contributed by atoms with E-state index in [-0.39, 0.29) is 12.4 Å². The molecule has 0 spiro atoms. The fourth-order valence-corrected chi connectivity index (χ4v) is 2.41. The Kier molecular flexibility index (Phi) is 5.78. The Bertz CT molecular complexity index is 634. The number of hydrogen-bond acceptors (Lipinski definition) is 1. The number of benzene rings is 2. The van der Waals surface area contributed by atoms with Crippen LogP contribution in [0.2, 0.25) is 0 Å². The van der Waals surface area contributed by atoms with E-state index < -0.39 is 5.91 Å². The molecule has 0 saturated carbocycles. The van der Waals surface area contributed by atoms with Crippen LogP contribution in [0.1, 0.15) is 24.5 Å². The maximum absolute atomic E-state index is 11.2. The number of fused-ring (bicyclic) bond motifs is 1. The minimum Gasteiger partial charge on any atom is -0.366 e. The molecule has 0 fully saturated rings. The zero-order chi connectivity index (χ0) is 13.8. The van der Waals surface area contributed by atoms with Crippen molar-refractivity contribution in [1.82, 2.24) is 0 Å². The van der Waals surface area contributed by atoms with Crippen LogP contribution < -0.4 is 5.73 Å². The molecule has 2 nitrogen and oxygen atoms in total. The highest BCUT2D eigenvalue weighted by atomic mass is 35.5. The zero-order valence-corrected chi connectivity index (χ0v) is 12.5.